The van der Waals surface area contributed by atoms with Gasteiger partial charge in [0.15, 0.2) is 10.7 Å². The lowest BCUT2D eigenvalue weighted by atomic mass is 10.1. The first kappa shape index (κ1) is 24.2. The number of oxazole rings is 1. The third kappa shape index (κ3) is 5.78. The summed E-state index contributed by atoms with van der Waals surface area (Å²) in [5, 5.41) is 16.3. The van der Waals surface area contributed by atoms with Crippen LogP contribution in [-0.2, 0) is 0 Å². The van der Waals surface area contributed by atoms with Crippen molar-refractivity contribution < 1.29 is 19.1 Å². The van der Waals surface area contributed by atoms with Crippen LogP contribution in [0.25, 0.3) is 22.6 Å². The first-order valence-electron chi connectivity index (χ1n) is 11.4. The SMILES string of the molecule is CCCCOc1cccc(C(=O)NC(=S)Nc2ccc(-c3nc4cc(C)cc(C)c4o3)c(O)c2)c1. The van der Waals surface area contributed by atoms with E-state index < -0.39 is 0 Å². The van der Waals surface area contributed by atoms with Crippen molar-refractivity contribution in [3.05, 3.63) is 71.3 Å². The van der Waals surface area contributed by atoms with Crippen molar-refractivity contribution in [3.8, 4) is 23.0 Å². The molecule has 0 saturated heterocycles. The first-order valence-corrected chi connectivity index (χ1v) is 11.8. The van der Waals surface area contributed by atoms with Gasteiger partial charge in [-0.25, -0.2) is 4.98 Å². The molecular weight excluding hydrogens is 462 g/mol. The van der Waals surface area contributed by atoms with Crippen LogP contribution in [0.15, 0.2) is 59.0 Å². The number of aromatic nitrogens is 1. The van der Waals surface area contributed by atoms with Crippen LogP contribution in [0.1, 0.15) is 41.3 Å². The zero-order valence-corrected chi connectivity index (χ0v) is 20.7. The Hall–Kier alpha value is -3.91. The number of nitrogens with zero attached hydrogens (tertiary/aromatic N) is 1. The molecule has 1 amide bonds. The predicted octanol–water partition coefficient (Wildman–Crippen LogP) is 6.12. The number of thiocarbonyl (C=S) groups is 1. The van der Waals surface area contributed by atoms with E-state index in [2.05, 4.69) is 22.5 Å². The molecule has 0 saturated carbocycles. The number of hydrogen-bond acceptors (Lipinski definition) is 6. The Labute approximate surface area is 209 Å². The van der Waals surface area contributed by atoms with Gasteiger partial charge in [-0.1, -0.05) is 25.5 Å². The molecule has 0 radical (unpaired) electrons. The maximum atomic E-state index is 12.6. The summed E-state index contributed by atoms with van der Waals surface area (Å²) in [6.45, 7) is 6.65. The maximum absolute atomic E-state index is 12.6. The van der Waals surface area contributed by atoms with Crippen molar-refractivity contribution in [1.82, 2.24) is 10.3 Å². The second-order valence-electron chi connectivity index (χ2n) is 8.32. The quantitative estimate of drug-likeness (QED) is 0.212. The first-order chi connectivity index (χ1) is 16.8. The van der Waals surface area contributed by atoms with Crippen LogP contribution in [0.4, 0.5) is 5.69 Å². The molecule has 8 heteroatoms. The van der Waals surface area contributed by atoms with E-state index in [0.717, 1.165) is 29.5 Å². The van der Waals surface area contributed by atoms with Crippen LogP contribution in [0.3, 0.4) is 0 Å². The van der Waals surface area contributed by atoms with E-state index in [1.54, 1.807) is 30.3 Å². The van der Waals surface area contributed by atoms with Crippen molar-refractivity contribution in [2.75, 3.05) is 11.9 Å². The molecule has 0 spiro atoms. The topological polar surface area (TPSA) is 96.6 Å². The summed E-state index contributed by atoms with van der Waals surface area (Å²) in [5.41, 5.74) is 4.90. The second-order valence-corrected chi connectivity index (χ2v) is 8.73. The molecule has 0 aliphatic carbocycles. The number of carbonyl (C=O) groups excluding carboxylic acids is 1. The van der Waals surface area contributed by atoms with Gasteiger partial charge in [-0.2, -0.15) is 0 Å². The van der Waals surface area contributed by atoms with Gasteiger partial charge in [-0.05, 0) is 80.0 Å². The van der Waals surface area contributed by atoms with Crippen LogP contribution in [-0.4, -0.2) is 27.7 Å². The molecule has 3 N–H and O–H groups in total. The molecule has 7 nitrogen and oxygen atoms in total. The zero-order chi connectivity index (χ0) is 24.9. The summed E-state index contributed by atoms with van der Waals surface area (Å²) in [5.74, 6) is 0.577. The minimum atomic E-state index is -0.360. The highest BCUT2D eigenvalue weighted by Gasteiger charge is 2.15. The number of aryl methyl sites for hydroxylation is 2. The Morgan fingerprint density at radius 3 is 2.74 bits per heavy atom. The van der Waals surface area contributed by atoms with Crippen molar-refractivity contribution in [3.63, 3.8) is 0 Å². The number of phenols is 1. The number of hydrogen-bond donors (Lipinski definition) is 3. The van der Waals surface area contributed by atoms with Gasteiger partial charge in [-0.15, -0.1) is 0 Å². The minimum Gasteiger partial charge on any atom is -0.507 e. The molecule has 1 heterocycles. The fourth-order valence-electron chi connectivity index (χ4n) is 3.68. The molecule has 0 aliphatic rings. The van der Waals surface area contributed by atoms with Crippen molar-refractivity contribution in [2.45, 2.75) is 33.6 Å². The number of ether oxygens (including phenoxy) is 1. The number of fused-ring (bicyclic) bond motifs is 1. The Morgan fingerprint density at radius 2 is 1.97 bits per heavy atom. The Morgan fingerprint density at radius 1 is 1.14 bits per heavy atom. The number of amides is 1. The minimum absolute atomic E-state index is 0.0259. The summed E-state index contributed by atoms with van der Waals surface area (Å²) < 4.78 is 11.6. The average Bonchev–Trinajstić information content (AvgIpc) is 3.23. The van der Waals surface area contributed by atoms with E-state index in [1.807, 2.05) is 32.0 Å². The van der Waals surface area contributed by atoms with Crippen LogP contribution >= 0.6 is 12.2 Å². The van der Waals surface area contributed by atoms with Gasteiger partial charge < -0.3 is 19.6 Å². The molecule has 35 heavy (non-hydrogen) atoms. The summed E-state index contributed by atoms with van der Waals surface area (Å²) in [6, 6.07) is 15.8. The highest BCUT2D eigenvalue weighted by atomic mass is 32.1. The summed E-state index contributed by atoms with van der Waals surface area (Å²) in [7, 11) is 0. The van der Waals surface area contributed by atoms with E-state index >= 15 is 0 Å². The second kappa shape index (κ2) is 10.6. The monoisotopic (exact) mass is 489 g/mol. The highest BCUT2D eigenvalue weighted by molar-refractivity contribution is 7.80. The lowest BCUT2D eigenvalue weighted by molar-refractivity contribution is 0.0977. The molecule has 1 aromatic heterocycles. The molecule has 180 valence electrons. The summed E-state index contributed by atoms with van der Waals surface area (Å²) in [6.07, 6.45) is 1.98. The number of rotatable bonds is 7. The van der Waals surface area contributed by atoms with Crippen LogP contribution < -0.4 is 15.4 Å². The van der Waals surface area contributed by atoms with Crippen LogP contribution in [0.2, 0.25) is 0 Å². The molecule has 3 aromatic carbocycles. The lowest BCUT2D eigenvalue weighted by Gasteiger charge is -2.11. The van der Waals surface area contributed by atoms with Gasteiger partial charge >= 0.3 is 0 Å². The van der Waals surface area contributed by atoms with Gasteiger partial charge in [0.1, 0.15) is 17.0 Å². The number of unbranched alkanes of at least 4 members (excludes halogenated alkanes) is 1. The fourth-order valence-corrected chi connectivity index (χ4v) is 3.89. The molecule has 0 unspecified atom stereocenters. The maximum Gasteiger partial charge on any atom is 0.257 e. The molecule has 0 aliphatic heterocycles. The number of aromatic hydroxyl groups is 1. The van der Waals surface area contributed by atoms with Crippen LogP contribution in [0, 0.1) is 13.8 Å². The molecule has 0 fully saturated rings. The fraction of sp³-hybridized carbons (Fsp3) is 0.222. The van der Waals surface area contributed by atoms with Crippen molar-refractivity contribution in [1.29, 1.82) is 0 Å². The zero-order valence-electron chi connectivity index (χ0n) is 19.8. The number of benzene rings is 3. The molecule has 4 aromatic rings. The highest BCUT2D eigenvalue weighted by Crippen LogP contribution is 2.34. The number of nitrogens with one attached hydrogen (secondary N) is 2. The Kier molecular flexibility index (Phi) is 7.31. The van der Waals surface area contributed by atoms with Gasteiger partial charge in [0, 0.05) is 17.3 Å². The van der Waals surface area contributed by atoms with Crippen molar-refractivity contribution >= 4 is 40.0 Å². The largest absolute Gasteiger partial charge is 0.507 e. The van der Waals surface area contributed by atoms with Gasteiger partial charge in [0.25, 0.3) is 5.91 Å². The Bertz CT molecular complexity index is 1400. The van der Waals surface area contributed by atoms with Gasteiger partial charge in [-0.3, -0.25) is 10.1 Å². The van der Waals surface area contributed by atoms with E-state index in [9.17, 15) is 9.90 Å². The molecule has 0 atom stereocenters. The smallest absolute Gasteiger partial charge is 0.257 e. The molecule has 4 rings (SSSR count). The number of phenolic OH excluding ortho intramolecular Hbond substituents is 1. The van der Waals surface area contributed by atoms with E-state index in [4.69, 9.17) is 21.4 Å². The van der Waals surface area contributed by atoms with Gasteiger partial charge in [0.2, 0.25) is 5.89 Å². The van der Waals surface area contributed by atoms with E-state index in [1.165, 1.54) is 6.07 Å². The standard InChI is InChI=1S/C27H27N3O4S/c1-4-5-11-33-20-8-6-7-18(14-20)25(32)30-27(35)28-19-9-10-21(23(31)15-19)26-29-22-13-16(2)12-17(3)24(22)34-26/h6-10,12-15,31H,4-5,11H2,1-3H3,(H2,28,30,32,35). The van der Waals surface area contributed by atoms with Crippen LogP contribution in [0.5, 0.6) is 11.5 Å². The summed E-state index contributed by atoms with van der Waals surface area (Å²) in [4.78, 5) is 17.1. The van der Waals surface area contributed by atoms with E-state index in [0.29, 0.717) is 40.6 Å². The Balaban J connectivity index is 1.42. The lowest BCUT2D eigenvalue weighted by Crippen LogP contribution is -2.34. The third-order valence-corrected chi connectivity index (χ3v) is 5.60. The summed E-state index contributed by atoms with van der Waals surface area (Å²) >= 11 is 5.28. The number of carbonyl (C=O) groups is 1. The van der Waals surface area contributed by atoms with E-state index in [-0.39, 0.29) is 16.8 Å². The molecule has 0 bridgehead atoms. The molecular formula is C27H27N3O4S. The van der Waals surface area contributed by atoms with Gasteiger partial charge in [0.05, 0.1) is 12.2 Å². The van der Waals surface area contributed by atoms with Crippen molar-refractivity contribution in [2.24, 2.45) is 0 Å². The predicted molar refractivity (Wildman–Crippen MR) is 141 cm³/mol. The normalized spacial score (nSPS) is 10.8. The number of anilines is 1. The average molecular weight is 490 g/mol. The third-order valence-electron chi connectivity index (χ3n) is 5.40.